The fraction of sp³-hybridized carbons (Fsp3) is 0.276. The zero-order valence-electron chi connectivity index (χ0n) is 21.0. The molecule has 1 saturated carbocycles. The molecule has 0 radical (unpaired) electrons. The van der Waals surface area contributed by atoms with E-state index in [2.05, 4.69) is 33.7 Å². The number of halogens is 1. The van der Waals surface area contributed by atoms with Crippen molar-refractivity contribution in [3.63, 3.8) is 0 Å². The van der Waals surface area contributed by atoms with Crippen LogP contribution in [0, 0.1) is 12.8 Å². The Balaban J connectivity index is 1.39. The Morgan fingerprint density at radius 2 is 1.95 bits per heavy atom. The average molecular weight is 533 g/mol. The van der Waals surface area contributed by atoms with Crippen molar-refractivity contribution < 1.29 is 9.53 Å². The molecular weight excluding hydrogens is 504 g/mol. The zero-order valence-corrected chi connectivity index (χ0v) is 22.6. The molecule has 1 aliphatic carbocycles. The van der Waals surface area contributed by atoms with Gasteiger partial charge < -0.3 is 10.1 Å². The van der Waals surface area contributed by atoms with Gasteiger partial charge in [0.15, 0.2) is 11.0 Å². The number of amides is 1. The van der Waals surface area contributed by atoms with Gasteiger partial charge in [0.2, 0.25) is 5.91 Å². The van der Waals surface area contributed by atoms with Gasteiger partial charge in [0.05, 0.1) is 18.8 Å². The number of benzene rings is 3. The topological polar surface area (TPSA) is 69.0 Å². The third-order valence-electron chi connectivity index (χ3n) is 6.67. The van der Waals surface area contributed by atoms with Gasteiger partial charge in [0.25, 0.3) is 0 Å². The molecule has 5 rings (SSSR count). The number of carbonyl (C=O) groups is 1. The first-order valence-electron chi connectivity index (χ1n) is 12.3. The Hall–Kier alpha value is -3.29. The summed E-state index contributed by atoms with van der Waals surface area (Å²) in [5, 5.41) is 13.6. The van der Waals surface area contributed by atoms with E-state index in [9.17, 15) is 4.79 Å². The second kappa shape index (κ2) is 11.0. The molecule has 3 atom stereocenters. The molecule has 1 fully saturated rings. The Kier molecular flexibility index (Phi) is 7.53. The summed E-state index contributed by atoms with van der Waals surface area (Å²) in [5.41, 5.74) is 4.27. The first-order valence-corrected chi connectivity index (χ1v) is 13.6. The lowest BCUT2D eigenvalue weighted by Crippen LogP contribution is -2.30. The van der Waals surface area contributed by atoms with Crippen molar-refractivity contribution in [3.05, 3.63) is 100 Å². The van der Waals surface area contributed by atoms with E-state index < -0.39 is 0 Å². The lowest BCUT2D eigenvalue weighted by atomic mass is 10.1. The molecule has 0 spiro atoms. The summed E-state index contributed by atoms with van der Waals surface area (Å²) in [7, 11) is 1.66. The molecule has 1 aliphatic rings. The molecule has 8 heteroatoms. The van der Waals surface area contributed by atoms with E-state index in [4.69, 9.17) is 16.3 Å². The van der Waals surface area contributed by atoms with Crippen molar-refractivity contribution in [2.24, 2.45) is 5.92 Å². The van der Waals surface area contributed by atoms with Crippen LogP contribution in [0.3, 0.4) is 0 Å². The molecule has 0 bridgehead atoms. The number of nitrogens with one attached hydrogen (secondary N) is 1. The van der Waals surface area contributed by atoms with Crippen LogP contribution in [-0.4, -0.2) is 27.8 Å². The van der Waals surface area contributed by atoms with Crippen LogP contribution in [0.2, 0.25) is 5.02 Å². The Morgan fingerprint density at radius 1 is 1.14 bits per heavy atom. The summed E-state index contributed by atoms with van der Waals surface area (Å²) >= 11 is 7.97. The minimum atomic E-state index is -0.332. The van der Waals surface area contributed by atoms with Crippen molar-refractivity contribution in [1.82, 2.24) is 20.1 Å². The van der Waals surface area contributed by atoms with Gasteiger partial charge in [-0.05, 0) is 67.1 Å². The third kappa shape index (κ3) is 5.68. The van der Waals surface area contributed by atoms with Gasteiger partial charge in [0, 0.05) is 16.7 Å². The van der Waals surface area contributed by atoms with E-state index in [0.29, 0.717) is 16.6 Å². The van der Waals surface area contributed by atoms with Crippen LogP contribution in [0.4, 0.5) is 0 Å². The number of aromatic nitrogens is 3. The number of nitrogens with zero attached hydrogens (tertiary/aromatic N) is 3. The Morgan fingerprint density at radius 3 is 2.73 bits per heavy atom. The quantitative estimate of drug-likeness (QED) is 0.249. The van der Waals surface area contributed by atoms with Gasteiger partial charge in [0.1, 0.15) is 5.75 Å². The molecule has 6 nitrogen and oxygen atoms in total. The van der Waals surface area contributed by atoms with E-state index in [-0.39, 0.29) is 23.8 Å². The van der Waals surface area contributed by atoms with Crippen LogP contribution in [0.15, 0.2) is 78.0 Å². The zero-order chi connectivity index (χ0) is 25.9. The molecule has 37 heavy (non-hydrogen) atoms. The number of carbonyl (C=O) groups excluding carboxylic acids is 1. The number of rotatable bonds is 9. The molecule has 0 saturated heterocycles. The number of methoxy groups -OCH3 is 1. The second-order valence-corrected chi connectivity index (χ2v) is 10.7. The van der Waals surface area contributed by atoms with Crippen molar-refractivity contribution in [3.8, 4) is 11.4 Å². The van der Waals surface area contributed by atoms with Gasteiger partial charge in [-0.2, -0.15) is 0 Å². The highest BCUT2D eigenvalue weighted by atomic mass is 35.5. The van der Waals surface area contributed by atoms with E-state index in [1.807, 2.05) is 73.0 Å². The maximum Gasteiger partial charge on any atom is 0.224 e. The summed E-state index contributed by atoms with van der Waals surface area (Å²) in [4.78, 5) is 13.1. The standard InChI is InChI=1S/C29H29ClN4O2S/c1-18-12-13-22(30)15-26(18)34-27(32-33-29(34)37-17-20-8-7-11-23(14-20)36-3)19(2)31-28(35)25-16-24(25)21-9-5-4-6-10-21/h4-15,19,24-25H,16-17H2,1-3H3,(H,31,35)/t19?,24-,25?/m0/s1. The Labute approximate surface area is 226 Å². The third-order valence-corrected chi connectivity index (χ3v) is 7.91. The first kappa shape index (κ1) is 25.4. The summed E-state index contributed by atoms with van der Waals surface area (Å²) in [6, 6.07) is 23.6. The van der Waals surface area contributed by atoms with Crippen molar-refractivity contribution >= 4 is 29.3 Å². The maximum absolute atomic E-state index is 13.1. The lowest BCUT2D eigenvalue weighted by Gasteiger charge is -2.18. The lowest BCUT2D eigenvalue weighted by molar-refractivity contribution is -0.123. The largest absolute Gasteiger partial charge is 0.497 e. The maximum atomic E-state index is 13.1. The molecular formula is C29H29ClN4O2S. The van der Waals surface area contributed by atoms with Crippen LogP contribution < -0.4 is 10.1 Å². The fourth-order valence-corrected chi connectivity index (χ4v) is 5.61. The van der Waals surface area contributed by atoms with Crippen LogP contribution in [-0.2, 0) is 10.5 Å². The van der Waals surface area contributed by atoms with Gasteiger partial charge in [-0.3, -0.25) is 9.36 Å². The van der Waals surface area contributed by atoms with Gasteiger partial charge in [-0.25, -0.2) is 0 Å². The number of hydrogen-bond acceptors (Lipinski definition) is 5. The average Bonchev–Trinajstić information content (AvgIpc) is 3.62. The van der Waals surface area contributed by atoms with Gasteiger partial charge >= 0.3 is 0 Å². The predicted molar refractivity (Wildman–Crippen MR) is 148 cm³/mol. The van der Waals surface area contributed by atoms with Crippen molar-refractivity contribution in [2.75, 3.05) is 7.11 Å². The summed E-state index contributed by atoms with van der Waals surface area (Å²) < 4.78 is 7.38. The van der Waals surface area contributed by atoms with Crippen LogP contribution in [0.5, 0.6) is 5.75 Å². The number of ether oxygens (including phenoxy) is 1. The molecule has 1 N–H and O–H groups in total. The van der Waals surface area contributed by atoms with E-state index in [1.165, 1.54) is 5.56 Å². The molecule has 4 aromatic rings. The normalized spacial score (nSPS) is 17.3. The van der Waals surface area contributed by atoms with Crippen LogP contribution in [0.1, 0.15) is 47.8 Å². The second-order valence-electron chi connectivity index (χ2n) is 9.34. The number of aryl methyl sites for hydroxylation is 1. The molecule has 3 aromatic carbocycles. The predicted octanol–water partition coefficient (Wildman–Crippen LogP) is 6.51. The molecule has 1 heterocycles. The SMILES string of the molecule is COc1cccc(CSc2nnc(C(C)NC(=O)C3C[C@H]3c3ccccc3)n2-c2cc(Cl)ccc2C)c1. The van der Waals surface area contributed by atoms with Crippen molar-refractivity contribution in [1.29, 1.82) is 0 Å². The monoisotopic (exact) mass is 532 g/mol. The first-order chi connectivity index (χ1) is 17.9. The van der Waals surface area contributed by atoms with Gasteiger partial charge in [-0.1, -0.05) is 71.9 Å². The Bertz CT molecular complexity index is 1410. The van der Waals surface area contributed by atoms with Crippen LogP contribution >= 0.6 is 23.4 Å². The highest BCUT2D eigenvalue weighted by Gasteiger charge is 2.44. The van der Waals surface area contributed by atoms with Crippen LogP contribution in [0.25, 0.3) is 5.69 Å². The van der Waals surface area contributed by atoms with E-state index >= 15 is 0 Å². The van der Waals surface area contributed by atoms with Gasteiger partial charge in [-0.15, -0.1) is 10.2 Å². The number of thioether (sulfide) groups is 1. The van der Waals surface area contributed by atoms with E-state index in [0.717, 1.165) is 34.1 Å². The number of hydrogen-bond donors (Lipinski definition) is 1. The molecule has 2 unspecified atom stereocenters. The highest BCUT2D eigenvalue weighted by Crippen LogP contribution is 2.47. The fourth-order valence-electron chi connectivity index (χ4n) is 4.55. The molecule has 1 aromatic heterocycles. The minimum absolute atomic E-state index is 0.0176. The molecule has 0 aliphatic heterocycles. The summed E-state index contributed by atoms with van der Waals surface area (Å²) in [5.74, 6) is 2.48. The highest BCUT2D eigenvalue weighted by molar-refractivity contribution is 7.98. The minimum Gasteiger partial charge on any atom is -0.497 e. The molecule has 190 valence electrons. The van der Waals surface area contributed by atoms with Crippen molar-refractivity contribution in [2.45, 2.75) is 43.1 Å². The molecule has 1 amide bonds. The summed E-state index contributed by atoms with van der Waals surface area (Å²) in [6.45, 7) is 3.98. The smallest absolute Gasteiger partial charge is 0.224 e. The van der Waals surface area contributed by atoms with E-state index in [1.54, 1.807) is 18.9 Å². The summed E-state index contributed by atoms with van der Waals surface area (Å²) in [6.07, 6.45) is 0.865.